The van der Waals surface area contributed by atoms with Gasteiger partial charge in [0.2, 0.25) is 11.8 Å². The summed E-state index contributed by atoms with van der Waals surface area (Å²) in [5, 5.41) is 2.93. The van der Waals surface area contributed by atoms with E-state index in [2.05, 4.69) is 15.3 Å². The van der Waals surface area contributed by atoms with E-state index in [-0.39, 0.29) is 5.91 Å². The van der Waals surface area contributed by atoms with Crippen LogP contribution in [0.2, 0.25) is 0 Å². The van der Waals surface area contributed by atoms with Gasteiger partial charge in [0, 0.05) is 11.3 Å². The molecule has 8 nitrogen and oxygen atoms in total. The second-order valence-corrected chi connectivity index (χ2v) is 7.74. The first-order valence-corrected chi connectivity index (χ1v) is 9.94. The Bertz CT molecular complexity index is 1100. The number of rotatable bonds is 7. The third-order valence-corrected chi connectivity index (χ3v) is 5.28. The van der Waals surface area contributed by atoms with Crippen LogP contribution in [0.25, 0.3) is 22.9 Å². The molecule has 0 saturated heterocycles. The monoisotopic (exact) mass is 422 g/mol. The predicted molar refractivity (Wildman–Crippen MR) is 113 cm³/mol. The van der Waals surface area contributed by atoms with Gasteiger partial charge in [-0.1, -0.05) is 11.8 Å². The van der Waals surface area contributed by atoms with E-state index in [1.165, 1.54) is 11.8 Å². The zero-order valence-corrected chi connectivity index (χ0v) is 16.7. The van der Waals surface area contributed by atoms with E-state index in [1.54, 1.807) is 55.8 Å². The summed E-state index contributed by atoms with van der Waals surface area (Å²) < 4.78 is 11.0. The maximum absolute atomic E-state index is 12.6. The molecule has 0 saturated carbocycles. The lowest BCUT2D eigenvalue weighted by Crippen LogP contribution is -2.22. The normalized spacial score (nSPS) is 11.9. The Morgan fingerprint density at radius 1 is 1.07 bits per heavy atom. The Balaban J connectivity index is 1.50. The number of imidazole rings is 1. The quantitative estimate of drug-likeness (QED) is 0.384. The first kappa shape index (κ1) is 19.6. The Labute approximate surface area is 175 Å². The molecule has 152 valence electrons. The number of aromatic nitrogens is 2. The summed E-state index contributed by atoms with van der Waals surface area (Å²) in [5.41, 5.74) is 7.46. The lowest BCUT2D eigenvalue weighted by atomic mass is 10.2. The van der Waals surface area contributed by atoms with Crippen molar-refractivity contribution in [2.24, 2.45) is 5.73 Å². The number of aromatic amines is 1. The van der Waals surface area contributed by atoms with Gasteiger partial charge in [-0.25, -0.2) is 4.98 Å². The molecule has 0 aliphatic rings. The number of carbonyl (C=O) groups is 2. The minimum Gasteiger partial charge on any atom is -0.463 e. The smallest absolute Gasteiger partial charge is 0.248 e. The first-order chi connectivity index (χ1) is 14.5. The maximum Gasteiger partial charge on any atom is 0.248 e. The van der Waals surface area contributed by atoms with Gasteiger partial charge >= 0.3 is 0 Å². The van der Waals surface area contributed by atoms with Crippen LogP contribution in [0.1, 0.15) is 17.3 Å². The van der Waals surface area contributed by atoms with Crippen molar-refractivity contribution in [3.05, 3.63) is 66.6 Å². The average Bonchev–Trinajstić information content (AvgIpc) is 3.49. The standard InChI is InChI=1S/C21H18N4O4S/c1-12(20(27)23-14-8-6-13(7-9-14)19(22)26)30-21-24-17(15-4-2-10-28-15)18(25-21)16-5-3-11-29-16/h2-12H,1H3,(H2,22,26)(H,23,27)(H,24,25). The number of nitrogens with two attached hydrogens (primary N) is 1. The number of furan rings is 2. The molecule has 0 aliphatic carbocycles. The number of nitrogens with zero attached hydrogens (tertiary/aromatic N) is 1. The highest BCUT2D eigenvalue weighted by Crippen LogP contribution is 2.34. The topological polar surface area (TPSA) is 127 Å². The molecule has 3 heterocycles. The van der Waals surface area contributed by atoms with Crippen molar-refractivity contribution in [3.63, 3.8) is 0 Å². The number of primary amides is 1. The second-order valence-electron chi connectivity index (χ2n) is 6.41. The number of anilines is 1. The van der Waals surface area contributed by atoms with Gasteiger partial charge in [0.25, 0.3) is 0 Å². The fourth-order valence-corrected chi connectivity index (χ4v) is 3.59. The van der Waals surface area contributed by atoms with Gasteiger partial charge in [0.1, 0.15) is 11.4 Å². The zero-order valence-electron chi connectivity index (χ0n) is 15.9. The molecule has 9 heteroatoms. The number of amides is 2. The van der Waals surface area contributed by atoms with E-state index in [0.717, 1.165) is 0 Å². The summed E-state index contributed by atoms with van der Waals surface area (Å²) in [6, 6.07) is 13.6. The van der Waals surface area contributed by atoms with Crippen LogP contribution < -0.4 is 11.1 Å². The van der Waals surface area contributed by atoms with Crippen molar-refractivity contribution in [2.45, 2.75) is 17.3 Å². The Morgan fingerprint density at radius 3 is 2.33 bits per heavy atom. The third-order valence-electron chi connectivity index (χ3n) is 4.30. The van der Waals surface area contributed by atoms with Crippen molar-refractivity contribution in [3.8, 4) is 22.9 Å². The molecular formula is C21H18N4O4S. The molecule has 0 fully saturated rings. The predicted octanol–water partition coefficient (Wildman–Crippen LogP) is 4.15. The van der Waals surface area contributed by atoms with Crippen molar-refractivity contribution in [1.82, 2.24) is 9.97 Å². The zero-order chi connectivity index (χ0) is 21.1. The lowest BCUT2D eigenvalue weighted by Gasteiger charge is -2.10. The Morgan fingerprint density at radius 2 is 1.73 bits per heavy atom. The van der Waals surface area contributed by atoms with Crippen molar-refractivity contribution in [1.29, 1.82) is 0 Å². The number of benzene rings is 1. The fourth-order valence-electron chi connectivity index (χ4n) is 2.78. The van der Waals surface area contributed by atoms with Crippen LogP contribution >= 0.6 is 11.8 Å². The van der Waals surface area contributed by atoms with Gasteiger partial charge in [-0.3, -0.25) is 9.59 Å². The van der Waals surface area contributed by atoms with Crippen LogP contribution in [-0.2, 0) is 4.79 Å². The summed E-state index contributed by atoms with van der Waals surface area (Å²) in [5.74, 6) is 0.486. The van der Waals surface area contributed by atoms with E-state index in [0.29, 0.717) is 39.3 Å². The number of nitrogens with one attached hydrogen (secondary N) is 2. The Kier molecular flexibility index (Phi) is 5.44. The molecular weight excluding hydrogens is 404 g/mol. The second kappa shape index (κ2) is 8.34. The molecule has 4 aromatic rings. The van der Waals surface area contributed by atoms with E-state index >= 15 is 0 Å². The third kappa shape index (κ3) is 4.15. The Hall–Kier alpha value is -3.72. The van der Waals surface area contributed by atoms with Crippen LogP contribution in [0.5, 0.6) is 0 Å². The molecule has 0 aliphatic heterocycles. The molecule has 30 heavy (non-hydrogen) atoms. The van der Waals surface area contributed by atoms with Crippen molar-refractivity contribution >= 4 is 29.3 Å². The molecule has 0 radical (unpaired) electrons. The summed E-state index contributed by atoms with van der Waals surface area (Å²) in [6.45, 7) is 1.78. The minimum absolute atomic E-state index is 0.206. The van der Waals surface area contributed by atoms with Gasteiger partial charge in [0.15, 0.2) is 16.7 Å². The number of carbonyl (C=O) groups excluding carboxylic acids is 2. The van der Waals surface area contributed by atoms with Crippen LogP contribution in [0.3, 0.4) is 0 Å². The molecule has 1 atom stereocenters. The van der Waals surface area contributed by atoms with Crippen LogP contribution in [0.15, 0.2) is 75.0 Å². The number of hydrogen-bond acceptors (Lipinski definition) is 6. The molecule has 4 N–H and O–H groups in total. The van der Waals surface area contributed by atoms with Gasteiger partial charge in [-0.15, -0.1) is 0 Å². The first-order valence-electron chi connectivity index (χ1n) is 9.06. The van der Waals surface area contributed by atoms with Gasteiger partial charge in [-0.2, -0.15) is 0 Å². The highest BCUT2D eigenvalue weighted by molar-refractivity contribution is 8.00. The van der Waals surface area contributed by atoms with Crippen LogP contribution in [-0.4, -0.2) is 27.0 Å². The number of H-pyrrole nitrogens is 1. The molecule has 0 spiro atoms. The van der Waals surface area contributed by atoms with E-state index in [4.69, 9.17) is 14.6 Å². The average molecular weight is 422 g/mol. The van der Waals surface area contributed by atoms with E-state index < -0.39 is 11.2 Å². The van der Waals surface area contributed by atoms with Crippen LogP contribution in [0.4, 0.5) is 5.69 Å². The highest BCUT2D eigenvalue weighted by Gasteiger charge is 2.22. The van der Waals surface area contributed by atoms with Gasteiger partial charge in [-0.05, 0) is 55.5 Å². The number of thioether (sulfide) groups is 1. The molecule has 1 aromatic carbocycles. The summed E-state index contributed by atoms with van der Waals surface area (Å²) >= 11 is 1.27. The summed E-state index contributed by atoms with van der Waals surface area (Å²) in [4.78, 5) is 31.5. The van der Waals surface area contributed by atoms with Crippen molar-refractivity contribution < 1.29 is 18.4 Å². The van der Waals surface area contributed by atoms with E-state index in [1.807, 2.05) is 12.1 Å². The van der Waals surface area contributed by atoms with E-state index in [9.17, 15) is 9.59 Å². The fraction of sp³-hybridized carbons (Fsp3) is 0.0952. The summed E-state index contributed by atoms with van der Waals surface area (Å²) in [6.07, 6.45) is 3.15. The summed E-state index contributed by atoms with van der Waals surface area (Å²) in [7, 11) is 0. The number of hydrogen-bond donors (Lipinski definition) is 3. The van der Waals surface area contributed by atoms with Gasteiger partial charge in [0.05, 0.1) is 17.8 Å². The lowest BCUT2D eigenvalue weighted by molar-refractivity contribution is -0.115. The molecule has 0 bridgehead atoms. The van der Waals surface area contributed by atoms with Crippen LogP contribution in [0, 0.1) is 0 Å². The van der Waals surface area contributed by atoms with Gasteiger partial charge < -0.3 is 24.9 Å². The molecule has 3 aromatic heterocycles. The molecule has 1 unspecified atom stereocenters. The largest absolute Gasteiger partial charge is 0.463 e. The maximum atomic E-state index is 12.6. The van der Waals surface area contributed by atoms with Crippen molar-refractivity contribution in [2.75, 3.05) is 5.32 Å². The molecule has 2 amide bonds. The SMILES string of the molecule is CC(Sc1nc(-c2ccco2)c(-c2ccco2)[nH]1)C(=O)Nc1ccc(C(N)=O)cc1. The minimum atomic E-state index is -0.519. The highest BCUT2D eigenvalue weighted by atomic mass is 32.2. The molecule has 4 rings (SSSR count).